The summed E-state index contributed by atoms with van der Waals surface area (Å²) in [4.78, 5) is 23.0. The van der Waals surface area contributed by atoms with Gasteiger partial charge in [0, 0.05) is 11.3 Å². The smallest absolute Gasteiger partial charge is 0.262 e. The molecule has 22 heavy (non-hydrogen) atoms. The van der Waals surface area contributed by atoms with Crippen LogP contribution in [0.3, 0.4) is 0 Å². The van der Waals surface area contributed by atoms with Gasteiger partial charge >= 0.3 is 0 Å². The first-order chi connectivity index (χ1) is 10.5. The number of aryl methyl sites for hydroxylation is 2. The normalized spacial score (nSPS) is 10.1. The molecule has 0 atom stereocenters. The third kappa shape index (κ3) is 3.85. The molecule has 0 aliphatic rings. The average molecular weight is 298 g/mol. The first-order valence-electron chi connectivity index (χ1n) is 6.86. The molecule has 0 spiro atoms. The van der Waals surface area contributed by atoms with Crippen LogP contribution in [0.4, 0.5) is 5.69 Å². The number of primary amides is 1. The molecule has 0 saturated carbocycles. The number of anilines is 1. The number of para-hydroxylation sites is 1. The Kier molecular flexibility index (Phi) is 4.78. The van der Waals surface area contributed by atoms with Crippen LogP contribution in [0, 0.1) is 13.8 Å². The van der Waals surface area contributed by atoms with Gasteiger partial charge < -0.3 is 15.8 Å². The number of carbonyl (C=O) groups excluding carboxylic acids is 2. The molecule has 5 heteroatoms. The van der Waals surface area contributed by atoms with Crippen molar-refractivity contribution >= 4 is 17.5 Å². The van der Waals surface area contributed by atoms with Crippen molar-refractivity contribution in [1.29, 1.82) is 0 Å². The molecule has 0 aliphatic heterocycles. The van der Waals surface area contributed by atoms with E-state index in [1.807, 2.05) is 32.0 Å². The van der Waals surface area contributed by atoms with E-state index in [2.05, 4.69) is 5.32 Å². The Morgan fingerprint density at radius 2 is 1.73 bits per heavy atom. The summed E-state index contributed by atoms with van der Waals surface area (Å²) in [5.74, 6) is -0.129. The minimum atomic E-state index is -0.539. The minimum absolute atomic E-state index is 0.105. The SMILES string of the molecule is Cc1cccc(C)c1OCC(=O)Nc1cccc(C(N)=O)c1. The van der Waals surface area contributed by atoms with Crippen LogP contribution < -0.4 is 15.8 Å². The molecule has 2 rings (SSSR count). The van der Waals surface area contributed by atoms with Crippen molar-refractivity contribution in [3.05, 3.63) is 59.2 Å². The van der Waals surface area contributed by atoms with Gasteiger partial charge in [0.25, 0.3) is 5.91 Å². The van der Waals surface area contributed by atoms with Crippen LogP contribution in [0.25, 0.3) is 0 Å². The van der Waals surface area contributed by atoms with Crippen LogP contribution in [0.5, 0.6) is 5.75 Å². The van der Waals surface area contributed by atoms with Gasteiger partial charge in [-0.05, 0) is 43.2 Å². The van der Waals surface area contributed by atoms with E-state index in [9.17, 15) is 9.59 Å². The lowest BCUT2D eigenvalue weighted by atomic mass is 10.1. The highest BCUT2D eigenvalue weighted by Crippen LogP contribution is 2.22. The van der Waals surface area contributed by atoms with Crippen molar-refractivity contribution in [3.8, 4) is 5.75 Å². The zero-order chi connectivity index (χ0) is 16.1. The molecular formula is C17H18N2O3. The molecule has 0 fully saturated rings. The van der Waals surface area contributed by atoms with Gasteiger partial charge in [0.05, 0.1) is 0 Å². The Morgan fingerprint density at radius 3 is 2.36 bits per heavy atom. The zero-order valence-corrected chi connectivity index (χ0v) is 12.6. The van der Waals surface area contributed by atoms with Gasteiger partial charge in [-0.3, -0.25) is 9.59 Å². The second-order valence-corrected chi connectivity index (χ2v) is 5.00. The molecule has 0 saturated heterocycles. The van der Waals surface area contributed by atoms with E-state index in [1.54, 1.807) is 18.2 Å². The Hall–Kier alpha value is -2.82. The second kappa shape index (κ2) is 6.76. The van der Waals surface area contributed by atoms with E-state index < -0.39 is 5.91 Å². The number of hydrogen-bond donors (Lipinski definition) is 2. The molecule has 114 valence electrons. The number of nitrogens with two attached hydrogens (primary N) is 1. The standard InChI is InChI=1S/C17H18N2O3/c1-11-5-3-6-12(2)16(11)22-10-15(20)19-14-8-4-7-13(9-14)17(18)21/h3-9H,10H2,1-2H3,(H2,18,21)(H,19,20). The van der Waals surface area contributed by atoms with Crippen molar-refractivity contribution in [2.24, 2.45) is 5.73 Å². The summed E-state index contributed by atoms with van der Waals surface area (Å²) in [5, 5.41) is 2.67. The lowest BCUT2D eigenvalue weighted by molar-refractivity contribution is -0.118. The van der Waals surface area contributed by atoms with E-state index in [0.717, 1.165) is 11.1 Å². The summed E-state index contributed by atoms with van der Waals surface area (Å²) >= 11 is 0. The van der Waals surface area contributed by atoms with Crippen LogP contribution in [0.1, 0.15) is 21.5 Å². The first kappa shape index (κ1) is 15.6. The lowest BCUT2D eigenvalue weighted by Crippen LogP contribution is -2.21. The Morgan fingerprint density at radius 1 is 1.09 bits per heavy atom. The maximum Gasteiger partial charge on any atom is 0.262 e. The number of hydrogen-bond acceptors (Lipinski definition) is 3. The van der Waals surface area contributed by atoms with Gasteiger partial charge in [-0.2, -0.15) is 0 Å². The summed E-state index contributed by atoms with van der Waals surface area (Å²) in [5.41, 5.74) is 8.00. The quantitative estimate of drug-likeness (QED) is 0.889. The highest BCUT2D eigenvalue weighted by Gasteiger charge is 2.08. The average Bonchev–Trinajstić information content (AvgIpc) is 2.47. The van der Waals surface area contributed by atoms with Crippen molar-refractivity contribution < 1.29 is 14.3 Å². The molecule has 3 N–H and O–H groups in total. The number of rotatable bonds is 5. The van der Waals surface area contributed by atoms with Crippen LogP contribution in [0.2, 0.25) is 0 Å². The van der Waals surface area contributed by atoms with E-state index in [1.165, 1.54) is 6.07 Å². The van der Waals surface area contributed by atoms with Gasteiger partial charge in [-0.15, -0.1) is 0 Å². The van der Waals surface area contributed by atoms with E-state index >= 15 is 0 Å². The van der Waals surface area contributed by atoms with Crippen molar-refractivity contribution in [3.63, 3.8) is 0 Å². The summed E-state index contributed by atoms with van der Waals surface area (Å²) in [6.07, 6.45) is 0. The zero-order valence-electron chi connectivity index (χ0n) is 12.6. The molecule has 0 aliphatic carbocycles. The number of carbonyl (C=O) groups is 2. The van der Waals surface area contributed by atoms with Crippen LogP contribution >= 0.6 is 0 Å². The van der Waals surface area contributed by atoms with Crippen LogP contribution in [-0.2, 0) is 4.79 Å². The molecule has 5 nitrogen and oxygen atoms in total. The van der Waals surface area contributed by atoms with E-state index in [4.69, 9.17) is 10.5 Å². The van der Waals surface area contributed by atoms with Gasteiger partial charge in [0.2, 0.25) is 5.91 Å². The third-order valence-corrected chi connectivity index (χ3v) is 3.19. The predicted molar refractivity (Wildman–Crippen MR) is 85.0 cm³/mol. The molecule has 0 radical (unpaired) electrons. The Labute approximate surface area is 129 Å². The molecule has 2 aromatic carbocycles. The Balaban J connectivity index is 1.99. The number of ether oxygens (including phenoxy) is 1. The fourth-order valence-electron chi connectivity index (χ4n) is 2.11. The molecule has 0 heterocycles. The van der Waals surface area contributed by atoms with E-state index in [-0.39, 0.29) is 12.5 Å². The van der Waals surface area contributed by atoms with Gasteiger partial charge in [0.15, 0.2) is 6.61 Å². The topological polar surface area (TPSA) is 81.4 Å². The van der Waals surface area contributed by atoms with Crippen molar-refractivity contribution in [1.82, 2.24) is 0 Å². The van der Waals surface area contributed by atoms with Gasteiger partial charge in [-0.25, -0.2) is 0 Å². The van der Waals surface area contributed by atoms with E-state index in [0.29, 0.717) is 17.0 Å². The molecule has 0 bridgehead atoms. The predicted octanol–water partition coefficient (Wildman–Crippen LogP) is 2.42. The maximum atomic E-state index is 11.9. The highest BCUT2D eigenvalue weighted by molar-refractivity contribution is 5.96. The van der Waals surface area contributed by atoms with Crippen LogP contribution in [-0.4, -0.2) is 18.4 Å². The molecule has 0 unspecified atom stereocenters. The van der Waals surface area contributed by atoms with Crippen molar-refractivity contribution in [2.75, 3.05) is 11.9 Å². The summed E-state index contributed by atoms with van der Waals surface area (Å²) in [7, 11) is 0. The highest BCUT2D eigenvalue weighted by atomic mass is 16.5. The minimum Gasteiger partial charge on any atom is -0.483 e. The van der Waals surface area contributed by atoms with Gasteiger partial charge in [0.1, 0.15) is 5.75 Å². The molecule has 2 aromatic rings. The fourth-order valence-corrected chi connectivity index (χ4v) is 2.11. The summed E-state index contributed by atoms with van der Waals surface area (Å²) in [6.45, 7) is 3.75. The summed E-state index contributed by atoms with van der Waals surface area (Å²) in [6, 6.07) is 12.2. The van der Waals surface area contributed by atoms with Gasteiger partial charge in [-0.1, -0.05) is 24.3 Å². The third-order valence-electron chi connectivity index (χ3n) is 3.19. The molecule has 0 aromatic heterocycles. The largest absolute Gasteiger partial charge is 0.483 e. The molecular weight excluding hydrogens is 280 g/mol. The van der Waals surface area contributed by atoms with Crippen LogP contribution in [0.15, 0.2) is 42.5 Å². The number of nitrogens with one attached hydrogen (secondary N) is 1. The maximum absolute atomic E-state index is 11.9. The Bertz CT molecular complexity index is 691. The second-order valence-electron chi connectivity index (χ2n) is 5.00. The number of amides is 2. The lowest BCUT2D eigenvalue weighted by Gasteiger charge is -2.12. The first-order valence-corrected chi connectivity index (χ1v) is 6.86. The monoisotopic (exact) mass is 298 g/mol. The molecule has 2 amide bonds. The number of benzene rings is 2. The summed E-state index contributed by atoms with van der Waals surface area (Å²) < 4.78 is 5.58. The fraction of sp³-hybridized carbons (Fsp3) is 0.176. The van der Waals surface area contributed by atoms with Crippen molar-refractivity contribution in [2.45, 2.75) is 13.8 Å².